The summed E-state index contributed by atoms with van der Waals surface area (Å²) >= 11 is 0. The van der Waals surface area contributed by atoms with E-state index in [1.54, 1.807) is 12.1 Å². The number of ether oxygens (including phenoxy) is 1. The van der Waals surface area contributed by atoms with Crippen molar-refractivity contribution in [3.8, 4) is 0 Å². The van der Waals surface area contributed by atoms with Crippen LogP contribution in [0.2, 0.25) is 0 Å². The molecule has 4 nitrogen and oxygen atoms in total. The molecule has 4 heteroatoms. The van der Waals surface area contributed by atoms with Gasteiger partial charge in [0.15, 0.2) is 0 Å². The average molecular weight is 278 g/mol. The van der Waals surface area contributed by atoms with Gasteiger partial charge in [-0.2, -0.15) is 0 Å². The van der Waals surface area contributed by atoms with Gasteiger partial charge in [-0.15, -0.1) is 0 Å². The number of hydrogen-bond donors (Lipinski definition) is 1. The molecule has 0 atom stereocenters. The molecule has 0 aromatic heterocycles. The molecule has 110 valence electrons. The summed E-state index contributed by atoms with van der Waals surface area (Å²) in [6.45, 7) is 6.00. The van der Waals surface area contributed by atoms with Crippen molar-refractivity contribution in [2.75, 3.05) is 0 Å². The van der Waals surface area contributed by atoms with Crippen LogP contribution in [-0.4, -0.2) is 22.6 Å². The molecular weight excluding hydrogens is 256 g/mol. The van der Waals surface area contributed by atoms with Crippen LogP contribution < -0.4 is 0 Å². The maximum absolute atomic E-state index is 12.3. The van der Waals surface area contributed by atoms with Crippen molar-refractivity contribution >= 4 is 11.9 Å². The fourth-order valence-corrected chi connectivity index (χ4v) is 2.35. The summed E-state index contributed by atoms with van der Waals surface area (Å²) in [6.07, 6.45) is 3.13. The summed E-state index contributed by atoms with van der Waals surface area (Å²) in [5.41, 5.74) is -0.408. The van der Waals surface area contributed by atoms with E-state index in [1.807, 2.05) is 20.8 Å². The molecule has 0 fully saturated rings. The lowest BCUT2D eigenvalue weighted by atomic mass is 9.91. The normalized spacial score (nSPS) is 11.2. The van der Waals surface area contributed by atoms with E-state index in [9.17, 15) is 9.59 Å². The lowest BCUT2D eigenvalue weighted by Gasteiger charge is -2.31. The Morgan fingerprint density at radius 2 is 1.65 bits per heavy atom. The van der Waals surface area contributed by atoms with Crippen LogP contribution in [0.3, 0.4) is 0 Å². The summed E-state index contributed by atoms with van der Waals surface area (Å²) in [6, 6.07) is 6.15. The van der Waals surface area contributed by atoms with Crippen molar-refractivity contribution < 1.29 is 19.4 Å². The Morgan fingerprint density at radius 3 is 2.10 bits per heavy atom. The van der Waals surface area contributed by atoms with Gasteiger partial charge >= 0.3 is 11.9 Å². The van der Waals surface area contributed by atoms with Crippen LogP contribution in [0.5, 0.6) is 0 Å². The Hall–Kier alpha value is -1.84. The number of rotatable bonds is 7. The lowest BCUT2D eigenvalue weighted by molar-refractivity contribution is -0.0279. The van der Waals surface area contributed by atoms with Crippen molar-refractivity contribution in [2.45, 2.75) is 52.1 Å². The van der Waals surface area contributed by atoms with Gasteiger partial charge in [0.2, 0.25) is 0 Å². The summed E-state index contributed by atoms with van der Waals surface area (Å²) in [7, 11) is 0. The Kier molecular flexibility index (Phi) is 5.74. The van der Waals surface area contributed by atoms with Crippen LogP contribution in [0.15, 0.2) is 24.3 Å². The molecule has 0 aliphatic carbocycles. The third-order valence-electron chi connectivity index (χ3n) is 3.68. The third-order valence-corrected chi connectivity index (χ3v) is 3.68. The van der Waals surface area contributed by atoms with Gasteiger partial charge in [-0.3, -0.25) is 0 Å². The van der Waals surface area contributed by atoms with Crippen molar-refractivity contribution in [1.29, 1.82) is 0 Å². The van der Waals surface area contributed by atoms with Gasteiger partial charge in [0.05, 0.1) is 11.1 Å². The second-order valence-electron chi connectivity index (χ2n) is 4.88. The number of carboxylic acid groups (broad SMARTS) is 1. The number of carboxylic acids is 1. The van der Waals surface area contributed by atoms with Crippen LogP contribution in [0.4, 0.5) is 0 Å². The molecule has 0 spiro atoms. The van der Waals surface area contributed by atoms with Gasteiger partial charge in [-0.05, 0) is 31.4 Å². The van der Waals surface area contributed by atoms with Crippen LogP contribution >= 0.6 is 0 Å². The lowest BCUT2D eigenvalue weighted by Crippen LogP contribution is -2.34. The second kappa shape index (κ2) is 7.08. The highest BCUT2D eigenvalue weighted by Crippen LogP contribution is 2.28. The molecular formula is C16H22O4. The minimum absolute atomic E-state index is 0.0184. The first-order valence-corrected chi connectivity index (χ1v) is 7.05. The van der Waals surface area contributed by atoms with E-state index in [0.717, 1.165) is 25.7 Å². The number of benzene rings is 1. The maximum atomic E-state index is 12.3. The summed E-state index contributed by atoms with van der Waals surface area (Å²) in [4.78, 5) is 23.4. The predicted octanol–water partition coefficient (Wildman–Crippen LogP) is 3.90. The van der Waals surface area contributed by atoms with Crippen LogP contribution in [-0.2, 0) is 4.74 Å². The highest BCUT2D eigenvalue weighted by molar-refractivity contribution is 6.02. The number of carbonyl (C=O) groups is 2. The van der Waals surface area contributed by atoms with Gasteiger partial charge in [0.1, 0.15) is 5.60 Å². The molecule has 0 bridgehead atoms. The van der Waals surface area contributed by atoms with Gasteiger partial charge in [0.25, 0.3) is 0 Å². The van der Waals surface area contributed by atoms with E-state index in [2.05, 4.69) is 0 Å². The van der Waals surface area contributed by atoms with E-state index < -0.39 is 17.5 Å². The zero-order chi connectivity index (χ0) is 15.2. The maximum Gasteiger partial charge on any atom is 0.339 e. The second-order valence-corrected chi connectivity index (χ2v) is 4.88. The Morgan fingerprint density at radius 1 is 1.10 bits per heavy atom. The first-order chi connectivity index (χ1) is 9.49. The van der Waals surface area contributed by atoms with E-state index in [4.69, 9.17) is 9.84 Å². The van der Waals surface area contributed by atoms with Crippen LogP contribution in [0.25, 0.3) is 0 Å². The minimum Gasteiger partial charge on any atom is -0.478 e. The number of esters is 1. The molecule has 0 radical (unpaired) electrons. The van der Waals surface area contributed by atoms with Gasteiger partial charge < -0.3 is 9.84 Å². The Labute approximate surface area is 119 Å². The molecule has 0 heterocycles. The SMILES string of the molecule is CCCC(CC)(CC)OC(=O)c1ccccc1C(=O)O. The fraction of sp³-hybridized carbons (Fsp3) is 0.500. The molecule has 0 unspecified atom stereocenters. The summed E-state index contributed by atoms with van der Waals surface area (Å²) < 4.78 is 5.65. The first kappa shape index (κ1) is 16.2. The zero-order valence-electron chi connectivity index (χ0n) is 12.3. The standard InChI is InChI=1S/C16H22O4/c1-4-11-16(5-2,6-3)20-15(19)13-10-8-7-9-12(13)14(17)18/h7-10H,4-6,11H2,1-3H3,(H,17,18). The van der Waals surface area contributed by atoms with Gasteiger partial charge in [0, 0.05) is 0 Å². The molecule has 1 aromatic carbocycles. The van der Waals surface area contributed by atoms with E-state index in [1.165, 1.54) is 12.1 Å². The van der Waals surface area contributed by atoms with Gasteiger partial charge in [-0.25, -0.2) is 9.59 Å². The third kappa shape index (κ3) is 3.59. The van der Waals surface area contributed by atoms with Crippen LogP contribution in [0.1, 0.15) is 67.2 Å². The minimum atomic E-state index is -1.12. The Balaban J connectivity index is 3.04. The van der Waals surface area contributed by atoms with Gasteiger partial charge in [-0.1, -0.05) is 39.3 Å². The predicted molar refractivity (Wildman–Crippen MR) is 77.0 cm³/mol. The molecule has 0 amide bonds. The van der Waals surface area contributed by atoms with Crippen molar-refractivity contribution in [2.24, 2.45) is 0 Å². The number of aromatic carboxylic acids is 1. The van der Waals surface area contributed by atoms with Crippen molar-refractivity contribution in [3.63, 3.8) is 0 Å². The summed E-state index contributed by atoms with van der Waals surface area (Å²) in [5.74, 6) is -1.67. The van der Waals surface area contributed by atoms with Crippen molar-refractivity contribution in [1.82, 2.24) is 0 Å². The van der Waals surface area contributed by atoms with E-state index in [0.29, 0.717) is 0 Å². The van der Waals surface area contributed by atoms with Crippen molar-refractivity contribution in [3.05, 3.63) is 35.4 Å². The zero-order valence-corrected chi connectivity index (χ0v) is 12.3. The topological polar surface area (TPSA) is 63.6 Å². The monoisotopic (exact) mass is 278 g/mol. The van der Waals surface area contributed by atoms with Crippen LogP contribution in [0, 0.1) is 0 Å². The van der Waals surface area contributed by atoms with E-state index >= 15 is 0 Å². The largest absolute Gasteiger partial charge is 0.478 e. The molecule has 1 rings (SSSR count). The Bertz CT molecular complexity index is 475. The highest BCUT2D eigenvalue weighted by Gasteiger charge is 2.31. The molecule has 1 N–H and O–H groups in total. The molecule has 0 aliphatic heterocycles. The summed E-state index contributed by atoms with van der Waals surface area (Å²) in [5, 5.41) is 9.12. The number of hydrogen-bond acceptors (Lipinski definition) is 3. The molecule has 1 aromatic rings. The molecule has 0 saturated carbocycles. The molecule has 20 heavy (non-hydrogen) atoms. The van der Waals surface area contributed by atoms with E-state index in [-0.39, 0.29) is 11.1 Å². The number of carbonyl (C=O) groups excluding carboxylic acids is 1. The quantitative estimate of drug-likeness (QED) is 0.768. The average Bonchev–Trinajstić information content (AvgIpc) is 2.46. The highest BCUT2D eigenvalue weighted by atomic mass is 16.6. The fourth-order valence-electron chi connectivity index (χ4n) is 2.35. The first-order valence-electron chi connectivity index (χ1n) is 7.05. The smallest absolute Gasteiger partial charge is 0.339 e. The molecule has 0 aliphatic rings. The molecule has 0 saturated heterocycles.